The maximum Gasteiger partial charge on any atom is 0.164 e. The highest BCUT2D eigenvalue weighted by Gasteiger charge is 2.06. The van der Waals surface area contributed by atoms with Gasteiger partial charge in [0.15, 0.2) is 5.78 Å². The van der Waals surface area contributed by atoms with Gasteiger partial charge in [0.05, 0.1) is 6.61 Å². The van der Waals surface area contributed by atoms with Gasteiger partial charge in [-0.25, -0.2) is 0 Å². The van der Waals surface area contributed by atoms with E-state index in [1.54, 1.807) is 0 Å². The molecule has 128 valence electrons. The van der Waals surface area contributed by atoms with E-state index in [0.29, 0.717) is 13.0 Å². The van der Waals surface area contributed by atoms with Crippen molar-refractivity contribution in [3.63, 3.8) is 0 Å². The number of Topliss-reactive ketones (excluding diaryl/α,β-unsaturated/α-hetero) is 1. The van der Waals surface area contributed by atoms with E-state index in [1.807, 2.05) is 54.6 Å². The normalized spacial score (nSPS) is 10.4. The maximum absolute atomic E-state index is 12.2. The number of anilines is 1. The summed E-state index contributed by atoms with van der Waals surface area (Å²) >= 11 is 0. The quantitative estimate of drug-likeness (QED) is 0.448. The summed E-state index contributed by atoms with van der Waals surface area (Å²) in [5.41, 5.74) is 1.78. The molecule has 0 saturated heterocycles. The van der Waals surface area contributed by atoms with Crippen molar-refractivity contribution >= 4 is 11.5 Å². The summed E-state index contributed by atoms with van der Waals surface area (Å²) in [4.78, 5) is 12.2. The van der Waals surface area contributed by atoms with Crippen molar-refractivity contribution < 1.29 is 9.53 Å². The molecule has 0 spiro atoms. The predicted octanol–water partition coefficient (Wildman–Crippen LogP) is 5.33. The molecule has 0 aromatic heterocycles. The molecule has 24 heavy (non-hydrogen) atoms. The smallest absolute Gasteiger partial charge is 0.164 e. The van der Waals surface area contributed by atoms with Crippen molar-refractivity contribution in [2.24, 2.45) is 0 Å². The van der Waals surface area contributed by atoms with Crippen molar-refractivity contribution in [3.05, 3.63) is 60.2 Å². The monoisotopic (exact) mass is 325 g/mol. The number of hydrogen-bond acceptors (Lipinski definition) is 3. The van der Waals surface area contributed by atoms with Gasteiger partial charge in [-0.3, -0.25) is 4.79 Å². The number of ketones is 1. The Morgan fingerprint density at radius 1 is 0.958 bits per heavy atom. The molecule has 2 rings (SSSR count). The molecule has 1 N–H and O–H groups in total. The van der Waals surface area contributed by atoms with Crippen LogP contribution in [-0.2, 0) is 0 Å². The first kappa shape index (κ1) is 18.1. The molecule has 2 aromatic carbocycles. The fourth-order valence-corrected chi connectivity index (χ4v) is 2.48. The standard InChI is InChI=1S/C21H27NO2/c1-2-3-4-8-17-24-20-13-11-18(12-14-20)21(23)15-16-22-19-9-6-5-7-10-19/h5-7,9-14,22H,2-4,8,15-17H2,1H3. The van der Waals surface area contributed by atoms with E-state index in [2.05, 4.69) is 12.2 Å². The van der Waals surface area contributed by atoms with Crippen LogP contribution in [0.15, 0.2) is 54.6 Å². The van der Waals surface area contributed by atoms with E-state index in [0.717, 1.165) is 30.0 Å². The van der Waals surface area contributed by atoms with Crippen LogP contribution in [0, 0.1) is 0 Å². The number of carbonyl (C=O) groups is 1. The molecule has 0 aliphatic rings. The first-order chi connectivity index (χ1) is 11.8. The minimum absolute atomic E-state index is 0.146. The molecule has 3 heteroatoms. The third-order valence-corrected chi connectivity index (χ3v) is 3.90. The summed E-state index contributed by atoms with van der Waals surface area (Å²) in [6, 6.07) is 17.4. The Balaban J connectivity index is 1.70. The van der Waals surface area contributed by atoms with Crippen molar-refractivity contribution in [2.45, 2.75) is 39.0 Å². The van der Waals surface area contributed by atoms with Gasteiger partial charge < -0.3 is 10.1 Å². The largest absolute Gasteiger partial charge is 0.494 e. The lowest BCUT2D eigenvalue weighted by Gasteiger charge is -2.08. The van der Waals surface area contributed by atoms with Gasteiger partial charge in [0.25, 0.3) is 0 Å². The van der Waals surface area contributed by atoms with Crippen LogP contribution >= 0.6 is 0 Å². The lowest BCUT2D eigenvalue weighted by molar-refractivity contribution is 0.0986. The molecule has 0 aliphatic heterocycles. The summed E-state index contributed by atoms with van der Waals surface area (Å²) in [7, 11) is 0. The molecule has 0 saturated carbocycles. The highest BCUT2D eigenvalue weighted by atomic mass is 16.5. The van der Waals surface area contributed by atoms with E-state index < -0.39 is 0 Å². The minimum Gasteiger partial charge on any atom is -0.494 e. The SMILES string of the molecule is CCCCCCOc1ccc(C(=O)CCNc2ccccc2)cc1. The van der Waals surface area contributed by atoms with Crippen LogP contribution in [0.5, 0.6) is 5.75 Å². The number of para-hydroxylation sites is 1. The Morgan fingerprint density at radius 3 is 2.42 bits per heavy atom. The van der Waals surface area contributed by atoms with Gasteiger partial charge in [-0.05, 0) is 42.8 Å². The molecule has 3 nitrogen and oxygen atoms in total. The van der Waals surface area contributed by atoms with Crippen molar-refractivity contribution in [2.75, 3.05) is 18.5 Å². The highest BCUT2D eigenvalue weighted by Crippen LogP contribution is 2.14. The van der Waals surface area contributed by atoms with Gasteiger partial charge in [-0.2, -0.15) is 0 Å². The first-order valence-electron chi connectivity index (χ1n) is 8.84. The number of rotatable bonds is 11. The number of unbranched alkanes of at least 4 members (excludes halogenated alkanes) is 3. The van der Waals surface area contributed by atoms with Crippen molar-refractivity contribution in [3.8, 4) is 5.75 Å². The lowest BCUT2D eigenvalue weighted by Crippen LogP contribution is -2.08. The van der Waals surface area contributed by atoms with Crippen LogP contribution in [0.4, 0.5) is 5.69 Å². The van der Waals surface area contributed by atoms with Gasteiger partial charge in [0.1, 0.15) is 5.75 Å². The molecule has 0 unspecified atom stereocenters. The lowest BCUT2D eigenvalue weighted by atomic mass is 10.1. The van der Waals surface area contributed by atoms with Crippen molar-refractivity contribution in [1.82, 2.24) is 0 Å². The third-order valence-electron chi connectivity index (χ3n) is 3.90. The molecular formula is C21H27NO2. The molecule has 0 heterocycles. The average molecular weight is 325 g/mol. The third kappa shape index (κ3) is 6.45. The molecule has 0 fully saturated rings. The number of benzene rings is 2. The number of ether oxygens (including phenoxy) is 1. The Labute approximate surface area is 145 Å². The summed E-state index contributed by atoms with van der Waals surface area (Å²) in [6.45, 7) is 3.58. The van der Waals surface area contributed by atoms with E-state index >= 15 is 0 Å². The summed E-state index contributed by atoms with van der Waals surface area (Å²) in [5.74, 6) is 0.985. The zero-order valence-electron chi connectivity index (χ0n) is 14.5. The minimum atomic E-state index is 0.146. The van der Waals surface area contributed by atoms with Crippen LogP contribution in [0.25, 0.3) is 0 Å². The fourth-order valence-electron chi connectivity index (χ4n) is 2.48. The van der Waals surface area contributed by atoms with Crippen LogP contribution in [0.1, 0.15) is 49.4 Å². The van der Waals surface area contributed by atoms with Crippen LogP contribution in [-0.4, -0.2) is 18.9 Å². The van der Waals surface area contributed by atoms with Gasteiger partial charge in [-0.15, -0.1) is 0 Å². The summed E-state index contributed by atoms with van der Waals surface area (Å²) in [6.07, 6.45) is 5.26. The average Bonchev–Trinajstić information content (AvgIpc) is 2.63. The predicted molar refractivity (Wildman–Crippen MR) is 100.0 cm³/mol. The molecule has 0 amide bonds. The maximum atomic E-state index is 12.2. The van der Waals surface area contributed by atoms with Gasteiger partial charge in [0.2, 0.25) is 0 Å². The molecule has 0 bridgehead atoms. The Morgan fingerprint density at radius 2 is 1.71 bits per heavy atom. The Bertz CT molecular complexity index is 593. The van der Waals surface area contributed by atoms with E-state index in [-0.39, 0.29) is 5.78 Å². The van der Waals surface area contributed by atoms with Gasteiger partial charge in [0, 0.05) is 24.2 Å². The summed E-state index contributed by atoms with van der Waals surface area (Å²) in [5, 5.41) is 3.26. The number of hydrogen-bond donors (Lipinski definition) is 1. The van der Waals surface area contributed by atoms with Crippen LogP contribution < -0.4 is 10.1 Å². The number of carbonyl (C=O) groups excluding carboxylic acids is 1. The molecule has 2 aromatic rings. The molecule has 0 atom stereocenters. The second kappa shape index (κ2) is 10.5. The zero-order valence-corrected chi connectivity index (χ0v) is 14.5. The first-order valence-corrected chi connectivity index (χ1v) is 8.84. The number of nitrogens with one attached hydrogen (secondary N) is 1. The van der Waals surface area contributed by atoms with E-state index in [4.69, 9.17) is 4.74 Å². The Kier molecular flexibility index (Phi) is 7.88. The molecular weight excluding hydrogens is 298 g/mol. The highest BCUT2D eigenvalue weighted by molar-refractivity contribution is 5.96. The second-order valence-corrected chi connectivity index (χ2v) is 5.90. The second-order valence-electron chi connectivity index (χ2n) is 5.90. The zero-order chi connectivity index (χ0) is 17.0. The fraction of sp³-hybridized carbons (Fsp3) is 0.381. The molecule has 0 aliphatic carbocycles. The van der Waals surface area contributed by atoms with Gasteiger partial charge >= 0.3 is 0 Å². The Hall–Kier alpha value is -2.29. The van der Waals surface area contributed by atoms with Crippen LogP contribution in [0.2, 0.25) is 0 Å². The van der Waals surface area contributed by atoms with E-state index in [1.165, 1.54) is 19.3 Å². The summed E-state index contributed by atoms with van der Waals surface area (Å²) < 4.78 is 5.70. The topological polar surface area (TPSA) is 38.3 Å². The molecule has 0 radical (unpaired) electrons. The van der Waals surface area contributed by atoms with Crippen molar-refractivity contribution in [1.29, 1.82) is 0 Å². The van der Waals surface area contributed by atoms with E-state index in [9.17, 15) is 4.79 Å². The van der Waals surface area contributed by atoms with Gasteiger partial charge in [-0.1, -0.05) is 44.4 Å². The van der Waals surface area contributed by atoms with Crippen LogP contribution in [0.3, 0.4) is 0 Å².